The molecular weight excluding hydrogens is 280 g/mol. The zero-order valence-electron chi connectivity index (χ0n) is 12.7. The predicted molar refractivity (Wildman–Crippen MR) is 86.2 cm³/mol. The predicted octanol–water partition coefficient (Wildman–Crippen LogP) is 4.39. The van der Waals surface area contributed by atoms with Crippen LogP contribution in [0, 0.1) is 15.5 Å². The number of rotatable bonds is 1. The van der Waals surface area contributed by atoms with Crippen molar-refractivity contribution in [3.8, 4) is 0 Å². The van der Waals surface area contributed by atoms with Gasteiger partial charge in [-0.15, -0.1) is 0 Å². The molecule has 0 aliphatic carbocycles. The van der Waals surface area contributed by atoms with Gasteiger partial charge in [-0.25, -0.2) is 0 Å². The van der Waals surface area contributed by atoms with E-state index in [4.69, 9.17) is 0 Å². The topological polar surface area (TPSA) is 65.1 Å². The SMILES string of the molecule is CC(C)(C)C(=O)n1c2ccccc2c2cccc([N+](=O)[O-])c21. The number of carbonyl (C=O) groups excluding carboxylic acids is 1. The molecule has 3 rings (SSSR count). The van der Waals surface area contributed by atoms with Gasteiger partial charge in [-0.05, 0) is 6.07 Å². The van der Waals surface area contributed by atoms with Gasteiger partial charge in [0.2, 0.25) is 5.91 Å². The number of hydrogen-bond donors (Lipinski definition) is 0. The molecule has 0 saturated carbocycles. The van der Waals surface area contributed by atoms with Crippen LogP contribution in [-0.2, 0) is 0 Å². The first-order valence-electron chi connectivity index (χ1n) is 7.04. The molecule has 0 aliphatic rings. The molecule has 0 N–H and O–H groups in total. The molecular formula is C17H16N2O3. The van der Waals surface area contributed by atoms with E-state index in [-0.39, 0.29) is 11.6 Å². The quantitative estimate of drug-likeness (QED) is 0.494. The normalized spacial score (nSPS) is 12.0. The summed E-state index contributed by atoms with van der Waals surface area (Å²) in [6.07, 6.45) is 0. The van der Waals surface area contributed by atoms with E-state index in [2.05, 4.69) is 0 Å². The summed E-state index contributed by atoms with van der Waals surface area (Å²) in [6.45, 7) is 5.43. The van der Waals surface area contributed by atoms with Crippen molar-refractivity contribution >= 4 is 33.4 Å². The molecule has 5 nitrogen and oxygen atoms in total. The van der Waals surface area contributed by atoms with Gasteiger partial charge in [0.1, 0.15) is 5.52 Å². The number of non-ortho nitro benzene ring substituents is 1. The molecule has 22 heavy (non-hydrogen) atoms. The standard InChI is InChI=1S/C17H16N2O3/c1-17(2,3)16(20)18-13-9-5-4-7-11(13)12-8-6-10-14(15(12)18)19(21)22/h4-10H,1-3H3. The van der Waals surface area contributed by atoms with E-state index in [0.29, 0.717) is 11.0 Å². The van der Waals surface area contributed by atoms with Crippen molar-refractivity contribution in [2.45, 2.75) is 20.8 Å². The first kappa shape index (κ1) is 14.3. The van der Waals surface area contributed by atoms with Crippen LogP contribution in [0.2, 0.25) is 0 Å². The highest BCUT2D eigenvalue weighted by Gasteiger charge is 2.29. The Hall–Kier alpha value is -2.69. The van der Waals surface area contributed by atoms with Crippen molar-refractivity contribution in [3.05, 3.63) is 52.6 Å². The molecule has 112 valence electrons. The molecule has 0 aliphatic heterocycles. The summed E-state index contributed by atoms with van der Waals surface area (Å²) in [5, 5.41) is 13.0. The van der Waals surface area contributed by atoms with Gasteiger partial charge in [-0.3, -0.25) is 19.5 Å². The number of nitrogens with zero attached hydrogens (tertiary/aromatic N) is 2. The maximum Gasteiger partial charge on any atom is 0.293 e. The Kier molecular flexibility index (Phi) is 3.02. The number of carbonyl (C=O) groups is 1. The maximum absolute atomic E-state index is 12.9. The van der Waals surface area contributed by atoms with Crippen molar-refractivity contribution in [3.63, 3.8) is 0 Å². The summed E-state index contributed by atoms with van der Waals surface area (Å²) < 4.78 is 1.49. The zero-order chi connectivity index (χ0) is 16.1. The number of fused-ring (bicyclic) bond motifs is 3. The van der Waals surface area contributed by atoms with Crippen molar-refractivity contribution in [2.24, 2.45) is 5.41 Å². The van der Waals surface area contributed by atoms with Gasteiger partial charge in [-0.1, -0.05) is 51.1 Å². The molecule has 0 spiro atoms. The fourth-order valence-corrected chi connectivity index (χ4v) is 2.69. The molecule has 1 aromatic heterocycles. The van der Waals surface area contributed by atoms with Gasteiger partial charge >= 0.3 is 0 Å². The number of nitro groups is 1. The first-order chi connectivity index (χ1) is 10.3. The minimum absolute atomic E-state index is 0.0497. The molecule has 1 heterocycles. The largest absolute Gasteiger partial charge is 0.293 e. The van der Waals surface area contributed by atoms with Crippen LogP contribution in [0.25, 0.3) is 21.8 Å². The van der Waals surface area contributed by atoms with E-state index in [1.807, 2.05) is 51.1 Å². The van der Waals surface area contributed by atoms with Crippen molar-refractivity contribution < 1.29 is 9.72 Å². The fraction of sp³-hybridized carbons (Fsp3) is 0.235. The molecule has 0 fully saturated rings. The highest BCUT2D eigenvalue weighted by atomic mass is 16.6. The molecule has 5 heteroatoms. The number of nitro benzene ring substituents is 1. The molecule has 0 unspecified atom stereocenters. The summed E-state index contributed by atoms with van der Waals surface area (Å²) in [6, 6.07) is 12.3. The lowest BCUT2D eigenvalue weighted by atomic mass is 9.95. The van der Waals surface area contributed by atoms with Gasteiger partial charge in [0.15, 0.2) is 0 Å². The number of para-hydroxylation sites is 2. The van der Waals surface area contributed by atoms with Gasteiger partial charge in [-0.2, -0.15) is 0 Å². The third-order valence-corrected chi connectivity index (χ3v) is 3.71. The average Bonchev–Trinajstić information content (AvgIpc) is 2.79. The lowest BCUT2D eigenvalue weighted by Crippen LogP contribution is -2.26. The number of benzene rings is 2. The Morgan fingerprint density at radius 3 is 2.32 bits per heavy atom. The van der Waals surface area contributed by atoms with E-state index < -0.39 is 10.3 Å². The second-order valence-corrected chi connectivity index (χ2v) is 6.34. The van der Waals surface area contributed by atoms with E-state index in [0.717, 1.165) is 10.8 Å². The monoisotopic (exact) mass is 296 g/mol. The Morgan fingerprint density at radius 2 is 1.68 bits per heavy atom. The van der Waals surface area contributed by atoms with Crippen LogP contribution in [0.4, 0.5) is 5.69 Å². The number of hydrogen-bond acceptors (Lipinski definition) is 3. The lowest BCUT2D eigenvalue weighted by molar-refractivity contribution is -0.383. The summed E-state index contributed by atoms with van der Waals surface area (Å²) in [4.78, 5) is 23.8. The zero-order valence-corrected chi connectivity index (χ0v) is 12.7. The first-order valence-corrected chi connectivity index (χ1v) is 7.04. The molecule has 0 saturated heterocycles. The van der Waals surface area contributed by atoms with Gasteiger partial charge in [0, 0.05) is 22.3 Å². The van der Waals surface area contributed by atoms with Crippen LogP contribution in [0.15, 0.2) is 42.5 Å². The molecule has 3 aromatic rings. The van der Waals surface area contributed by atoms with Crippen LogP contribution in [0.5, 0.6) is 0 Å². The van der Waals surface area contributed by atoms with Crippen molar-refractivity contribution in [2.75, 3.05) is 0 Å². The van der Waals surface area contributed by atoms with Gasteiger partial charge < -0.3 is 0 Å². The Morgan fingerprint density at radius 1 is 1.05 bits per heavy atom. The van der Waals surface area contributed by atoms with E-state index >= 15 is 0 Å². The molecule has 0 bridgehead atoms. The average molecular weight is 296 g/mol. The van der Waals surface area contributed by atoms with E-state index in [9.17, 15) is 14.9 Å². The van der Waals surface area contributed by atoms with Crippen LogP contribution < -0.4 is 0 Å². The summed E-state index contributed by atoms with van der Waals surface area (Å²) in [5.74, 6) is -0.159. The fourth-order valence-electron chi connectivity index (χ4n) is 2.69. The summed E-state index contributed by atoms with van der Waals surface area (Å²) in [5.41, 5.74) is 0.380. The highest BCUT2D eigenvalue weighted by molar-refractivity contribution is 6.16. The highest BCUT2D eigenvalue weighted by Crippen LogP contribution is 2.36. The Labute approximate surface area is 127 Å². The van der Waals surface area contributed by atoms with E-state index in [1.54, 1.807) is 6.07 Å². The Balaban J connectivity index is 2.56. The maximum atomic E-state index is 12.9. The van der Waals surface area contributed by atoms with Gasteiger partial charge in [0.05, 0.1) is 10.4 Å². The van der Waals surface area contributed by atoms with Crippen LogP contribution >= 0.6 is 0 Å². The molecule has 2 aromatic carbocycles. The van der Waals surface area contributed by atoms with Crippen LogP contribution in [-0.4, -0.2) is 15.4 Å². The Bertz CT molecular complexity index is 917. The minimum atomic E-state index is -0.640. The number of aromatic nitrogens is 1. The molecule has 0 amide bonds. The smallest absolute Gasteiger partial charge is 0.274 e. The lowest BCUT2D eigenvalue weighted by Gasteiger charge is -2.18. The second kappa shape index (κ2) is 4.66. The second-order valence-electron chi connectivity index (χ2n) is 6.34. The third kappa shape index (κ3) is 1.97. The molecule has 0 atom stereocenters. The third-order valence-electron chi connectivity index (χ3n) is 3.71. The van der Waals surface area contributed by atoms with Crippen molar-refractivity contribution in [1.29, 1.82) is 0 Å². The van der Waals surface area contributed by atoms with E-state index in [1.165, 1.54) is 10.6 Å². The van der Waals surface area contributed by atoms with Gasteiger partial charge in [0.25, 0.3) is 5.69 Å². The van der Waals surface area contributed by atoms with Crippen LogP contribution in [0.3, 0.4) is 0 Å². The van der Waals surface area contributed by atoms with Crippen molar-refractivity contribution in [1.82, 2.24) is 4.57 Å². The minimum Gasteiger partial charge on any atom is -0.274 e. The molecule has 0 radical (unpaired) electrons. The summed E-state index contributed by atoms with van der Waals surface area (Å²) in [7, 11) is 0. The summed E-state index contributed by atoms with van der Waals surface area (Å²) >= 11 is 0. The van der Waals surface area contributed by atoms with Crippen LogP contribution in [0.1, 0.15) is 25.6 Å².